The maximum Gasteiger partial charge on any atom is 0.308 e. The van der Waals surface area contributed by atoms with Crippen molar-refractivity contribution in [2.75, 3.05) is 16.2 Å². The van der Waals surface area contributed by atoms with Gasteiger partial charge in [-0.25, -0.2) is 8.42 Å². The number of hydrogen-bond acceptors (Lipinski definition) is 5. The second-order valence-electron chi connectivity index (χ2n) is 7.26. The van der Waals surface area contributed by atoms with E-state index in [-0.39, 0.29) is 20.5 Å². The average Bonchev–Trinajstić information content (AvgIpc) is 3.12. The summed E-state index contributed by atoms with van der Waals surface area (Å²) in [5.41, 5.74) is 1.34. The predicted molar refractivity (Wildman–Crippen MR) is 138 cm³/mol. The summed E-state index contributed by atoms with van der Waals surface area (Å²) in [4.78, 5) is 25.0. The molecule has 4 rings (SSSR count). The van der Waals surface area contributed by atoms with Gasteiger partial charge < -0.3 is 5.32 Å². The normalized spacial score (nSPS) is 11.5. The van der Waals surface area contributed by atoms with Gasteiger partial charge in [0.25, 0.3) is 10.0 Å². The summed E-state index contributed by atoms with van der Waals surface area (Å²) in [7, 11) is -4.11. The first-order chi connectivity index (χ1) is 16.2. The van der Waals surface area contributed by atoms with E-state index in [0.29, 0.717) is 17.3 Å². The van der Waals surface area contributed by atoms with E-state index >= 15 is 0 Å². The number of amides is 1. The van der Waals surface area contributed by atoms with E-state index in [1.54, 1.807) is 41.0 Å². The number of aryl methyl sites for hydroxylation is 1. The molecule has 0 spiro atoms. The van der Waals surface area contributed by atoms with Crippen LogP contribution in [0.5, 0.6) is 0 Å². The first-order valence-electron chi connectivity index (χ1n) is 10.2. The Kier molecular flexibility index (Phi) is 6.99. The fraction of sp³-hybridized carbons (Fsp3) is 0.130. The largest absolute Gasteiger partial charge is 0.324 e. The molecule has 0 saturated heterocycles. The number of halogens is 2. The first kappa shape index (κ1) is 24.3. The molecule has 0 fully saturated rings. The van der Waals surface area contributed by atoms with Gasteiger partial charge in [-0.1, -0.05) is 52.7 Å². The SMILES string of the molecule is CCn1c(=O)sc2cc(NC(=O)CN(c3ccc(Cl)cc3Cl)S(=O)(=O)c3ccccc3)ccc21. The van der Waals surface area contributed by atoms with Crippen LogP contribution in [0.15, 0.2) is 76.4 Å². The van der Waals surface area contributed by atoms with Gasteiger partial charge in [-0.15, -0.1) is 0 Å². The van der Waals surface area contributed by atoms with Crippen LogP contribution in [0.1, 0.15) is 6.92 Å². The summed E-state index contributed by atoms with van der Waals surface area (Å²) in [6, 6.07) is 17.3. The number of hydrogen-bond donors (Lipinski definition) is 1. The molecule has 4 aromatic rings. The summed E-state index contributed by atoms with van der Waals surface area (Å²) in [5, 5.41) is 3.14. The molecule has 0 aliphatic carbocycles. The molecule has 1 amide bonds. The number of carbonyl (C=O) groups excluding carboxylic acids is 1. The standard InChI is InChI=1S/C23H19Cl2N3O4S2/c1-2-27-20-11-9-16(13-21(20)33-23(27)30)26-22(29)14-28(19-10-8-15(24)12-18(19)25)34(31,32)17-6-4-3-5-7-17/h3-13H,2,14H2,1H3,(H,26,29). The lowest BCUT2D eigenvalue weighted by Gasteiger charge is -2.25. The first-order valence-corrected chi connectivity index (χ1v) is 13.2. The van der Waals surface area contributed by atoms with Crippen LogP contribution in [-0.2, 0) is 21.4 Å². The molecule has 11 heteroatoms. The van der Waals surface area contributed by atoms with Gasteiger partial charge in [-0.3, -0.25) is 18.5 Å². The van der Waals surface area contributed by atoms with E-state index in [1.807, 2.05) is 6.92 Å². The third kappa shape index (κ3) is 4.83. The van der Waals surface area contributed by atoms with Crippen LogP contribution in [0.2, 0.25) is 10.0 Å². The number of rotatable bonds is 7. The van der Waals surface area contributed by atoms with Crippen molar-refractivity contribution in [3.63, 3.8) is 0 Å². The van der Waals surface area contributed by atoms with E-state index in [1.165, 1.54) is 30.3 Å². The second kappa shape index (κ2) is 9.79. The molecule has 1 heterocycles. The highest BCUT2D eigenvalue weighted by atomic mass is 35.5. The Hall–Kier alpha value is -2.85. The fourth-order valence-corrected chi connectivity index (χ4v) is 6.49. The minimum atomic E-state index is -4.11. The third-order valence-electron chi connectivity index (χ3n) is 5.07. The number of anilines is 2. The Bertz CT molecular complexity index is 1530. The Morgan fingerprint density at radius 3 is 2.47 bits per heavy atom. The number of thiazole rings is 1. The number of nitrogens with zero attached hydrogens (tertiary/aromatic N) is 2. The minimum Gasteiger partial charge on any atom is -0.324 e. The molecule has 0 radical (unpaired) electrons. The second-order valence-corrected chi connectivity index (χ2v) is 11.0. The lowest BCUT2D eigenvalue weighted by molar-refractivity contribution is -0.114. The smallest absolute Gasteiger partial charge is 0.308 e. The Morgan fingerprint density at radius 1 is 1.06 bits per heavy atom. The van der Waals surface area contributed by atoms with E-state index in [0.717, 1.165) is 25.9 Å². The van der Waals surface area contributed by atoms with Crippen LogP contribution in [0.25, 0.3) is 10.2 Å². The van der Waals surface area contributed by atoms with Crippen molar-refractivity contribution in [3.05, 3.63) is 86.4 Å². The van der Waals surface area contributed by atoms with Crippen molar-refractivity contribution >= 4 is 72.1 Å². The Labute approximate surface area is 210 Å². The number of carbonyl (C=O) groups is 1. The molecule has 176 valence electrons. The maximum absolute atomic E-state index is 13.4. The molecule has 1 N–H and O–H groups in total. The van der Waals surface area contributed by atoms with Gasteiger partial charge in [-0.05, 0) is 55.5 Å². The van der Waals surface area contributed by atoms with Crippen LogP contribution < -0.4 is 14.5 Å². The number of benzene rings is 3. The quantitative estimate of drug-likeness (QED) is 0.351. The van der Waals surface area contributed by atoms with Crippen molar-refractivity contribution in [1.82, 2.24) is 4.57 Å². The summed E-state index contributed by atoms with van der Waals surface area (Å²) in [6.07, 6.45) is 0. The monoisotopic (exact) mass is 535 g/mol. The van der Waals surface area contributed by atoms with Crippen molar-refractivity contribution in [1.29, 1.82) is 0 Å². The summed E-state index contributed by atoms with van der Waals surface area (Å²) in [5.74, 6) is -0.577. The van der Waals surface area contributed by atoms with Crippen LogP contribution in [0, 0.1) is 0 Å². The lowest BCUT2D eigenvalue weighted by Crippen LogP contribution is -2.38. The van der Waals surface area contributed by atoms with Gasteiger partial charge in [0, 0.05) is 17.3 Å². The number of aromatic nitrogens is 1. The van der Waals surface area contributed by atoms with Crippen LogP contribution in [0.3, 0.4) is 0 Å². The van der Waals surface area contributed by atoms with Gasteiger partial charge in [0.2, 0.25) is 5.91 Å². The third-order valence-corrected chi connectivity index (χ3v) is 8.32. The molecule has 3 aromatic carbocycles. The van der Waals surface area contributed by atoms with Crippen LogP contribution in [0.4, 0.5) is 11.4 Å². The van der Waals surface area contributed by atoms with Gasteiger partial charge in [0.05, 0.1) is 25.8 Å². The molecule has 7 nitrogen and oxygen atoms in total. The molecule has 0 bridgehead atoms. The van der Waals surface area contributed by atoms with Gasteiger partial charge >= 0.3 is 4.87 Å². The van der Waals surface area contributed by atoms with Gasteiger partial charge in [0.15, 0.2) is 0 Å². The molecule has 0 atom stereocenters. The topological polar surface area (TPSA) is 88.5 Å². The van der Waals surface area contributed by atoms with E-state index in [2.05, 4.69) is 5.32 Å². The molecular weight excluding hydrogens is 517 g/mol. The maximum atomic E-state index is 13.4. The minimum absolute atomic E-state index is 0.0147. The molecule has 0 saturated carbocycles. The summed E-state index contributed by atoms with van der Waals surface area (Å²) >= 11 is 13.4. The predicted octanol–water partition coefficient (Wildman–Crippen LogP) is 5.22. The molecule has 1 aromatic heterocycles. The Balaban J connectivity index is 1.67. The fourth-order valence-electron chi connectivity index (χ4n) is 3.48. The molecule has 0 aliphatic rings. The summed E-state index contributed by atoms with van der Waals surface area (Å²) in [6.45, 7) is 1.90. The van der Waals surface area contributed by atoms with Crippen molar-refractivity contribution in [2.24, 2.45) is 0 Å². The van der Waals surface area contributed by atoms with Crippen molar-refractivity contribution in [3.8, 4) is 0 Å². The van der Waals surface area contributed by atoms with E-state index in [9.17, 15) is 18.0 Å². The number of nitrogens with one attached hydrogen (secondary N) is 1. The van der Waals surface area contributed by atoms with Crippen molar-refractivity contribution in [2.45, 2.75) is 18.4 Å². The molecule has 34 heavy (non-hydrogen) atoms. The van der Waals surface area contributed by atoms with Crippen molar-refractivity contribution < 1.29 is 13.2 Å². The van der Waals surface area contributed by atoms with Crippen LogP contribution in [-0.4, -0.2) is 25.4 Å². The van der Waals surface area contributed by atoms with Gasteiger partial charge in [0.1, 0.15) is 6.54 Å². The summed E-state index contributed by atoms with van der Waals surface area (Å²) < 4.78 is 30.2. The van der Waals surface area contributed by atoms with Gasteiger partial charge in [-0.2, -0.15) is 0 Å². The zero-order valence-electron chi connectivity index (χ0n) is 17.9. The zero-order valence-corrected chi connectivity index (χ0v) is 21.0. The average molecular weight is 536 g/mol. The lowest BCUT2D eigenvalue weighted by atomic mass is 10.3. The highest BCUT2D eigenvalue weighted by Crippen LogP contribution is 2.32. The van der Waals surface area contributed by atoms with E-state index in [4.69, 9.17) is 23.2 Å². The zero-order chi connectivity index (χ0) is 24.5. The highest BCUT2D eigenvalue weighted by molar-refractivity contribution is 7.92. The number of fused-ring (bicyclic) bond motifs is 1. The van der Waals surface area contributed by atoms with E-state index < -0.39 is 22.5 Å². The van der Waals surface area contributed by atoms with Crippen LogP contribution >= 0.6 is 34.5 Å². The molecule has 0 unspecified atom stereocenters. The number of sulfonamides is 1. The molecular formula is C23H19Cl2N3O4S2. The molecule has 0 aliphatic heterocycles. The Morgan fingerprint density at radius 2 is 1.79 bits per heavy atom. The highest BCUT2D eigenvalue weighted by Gasteiger charge is 2.29.